The molecule has 0 aromatic heterocycles. The Morgan fingerprint density at radius 3 is 3.00 bits per heavy atom. The van der Waals surface area contributed by atoms with E-state index in [0.717, 1.165) is 5.75 Å². The number of hydrogen-bond donors (Lipinski definition) is 2. The van der Waals surface area contributed by atoms with Gasteiger partial charge in [0.25, 0.3) is 0 Å². The number of rotatable bonds is 5. The Kier molecular flexibility index (Phi) is 6.53. The van der Waals surface area contributed by atoms with Gasteiger partial charge in [-0.25, -0.2) is 0 Å². The average Bonchev–Trinajstić information content (AvgIpc) is 2.10. The molecule has 0 spiro atoms. The minimum absolute atomic E-state index is 0.0335. The predicted octanol–water partition coefficient (Wildman–Crippen LogP) is -0.293. The van der Waals surface area contributed by atoms with Crippen molar-refractivity contribution in [3.63, 3.8) is 0 Å². The van der Waals surface area contributed by atoms with Crippen LogP contribution in [0.3, 0.4) is 0 Å². The number of nitrogens with one attached hydrogen (secondary N) is 1. The molecule has 3 N–H and O–H groups in total. The van der Waals surface area contributed by atoms with Crippen LogP contribution in [0.5, 0.6) is 0 Å². The largest absolute Gasteiger partial charge is 0.342 e. The summed E-state index contributed by atoms with van der Waals surface area (Å²) in [5, 5.41) is 10.6. The number of carbonyl (C=O) groups excluding carboxylic acids is 1. The van der Waals surface area contributed by atoms with Crippen LogP contribution >= 0.6 is 11.8 Å². The number of nitriles is 1. The molecule has 0 aliphatic carbocycles. The van der Waals surface area contributed by atoms with Crippen LogP contribution in [0.25, 0.3) is 0 Å². The molecule has 0 saturated carbocycles. The van der Waals surface area contributed by atoms with E-state index < -0.39 is 6.04 Å². The van der Waals surface area contributed by atoms with Crippen LogP contribution in [0.4, 0.5) is 0 Å². The summed E-state index contributed by atoms with van der Waals surface area (Å²) in [7, 11) is 0. The van der Waals surface area contributed by atoms with Crippen molar-refractivity contribution < 1.29 is 4.79 Å². The molecule has 0 rings (SSSR count). The molecule has 68 valence electrons. The van der Waals surface area contributed by atoms with Gasteiger partial charge in [0.05, 0.1) is 12.1 Å². The number of thioether (sulfide) groups is 1. The van der Waals surface area contributed by atoms with Crippen molar-refractivity contribution >= 4 is 17.7 Å². The summed E-state index contributed by atoms with van der Waals surface area (Å²) in [6.45, 7) is 0.0335. The molecule has 0 aromatic rings. The lowest BCUT2D eigenvalue weighted by Crippen LogP contribution is -2.41. The molecule has 0 saturated heterocycles. The van der Waals surface area contributed by atoms with Gasteiger partial charge in [0, 0.05) is 0 Å². The quantitative estimate of drug-likeness (QED) is 0.579. The molecule has 1 amide bonds. The summed E-state index contributed by atoms with van der Waals surface area (Å²) in [6.07, 6.45) is 2.61. The fraction of sp³-hybridized carbons (Fsp3) is 0.714. The first-order chi connectivity index (χ1) is 5.72. The van der Waals surface area contributed by atoms with Gasteiger partial charge in [0.1, 0.15) is 6.54 Å². The van der Waals surface area contributed by atoms with Crippen LogP contribution in [-0.4, -0.2) is 30.5 Å². The standard InChI is InChI=1S/C7H13N3OS/c1-12-5-2-6(9)7(11)10-4-3-8/h6H,2,4-5,9H2,1H3,(H,10,11)/t6-/m0/s1. The highest BCUT2D eigenvalue weighted by Gasteiger charge is 2.11. The lowest BCUT2D eigenvalue weighted by molar-refractivity contribution is -0.122. The topological polar surface area (TPSA) is 78.9 Å². The molecule has 4 nitrogen and oxygen atoms in total. The molecular weight excluding hydrogens is 174 g/mol. The van der Waals surface area contributed by atoms with Crippen LogP contribution in [0.2, 0.25) is 0 Å². The van der Waals surface area contributed by atoms with E-state index in [0.29, 0.717) is 6.42 Å². The Morgan fingerprint density at radius 1 is 1.83 bits per heavy atom. The first-order valence-corrected chi connectivity index (χ1v) is 5.01. The van der Waals surface area contributed by atoms with Crippen molar-refractivity contribution in [3.8, 4) is 6.07 Å². The summed E-state index contributed by atoms with van der Waals surface area (Å²) in [5.74, 6) is 0.617. The highest BCUT2D eigenvalue weighted by atomic mass is 32.2. The van der Waals surface area contributed by atoms with Gasteiger partial charge < -0.3 is 11.1 Å². The van der Waals surface area contributed by atoms with Crippen LogP contribution in [0, 0.1) is 11.3 Å². The van der Waals surface area contributed by atoms with Gasteiger partial charge in [-0.2, -0.15) is 17.0 Å². The molecular formula is C7H13N3OS. The van der Waals surface area contributed by atoms with Crippen LogP contribution in [0.15, 0.2) is 0 Å². The second kappa shape index (κ2) is 6.95. The molecule has 5 heteroatoms. The molecule has 0 radical (unpaired) electrons. The molecule has 0 aliphatic rings. The molecule has 0 aliphatic heterocycles. The Bertz CT molecular complexity index is 178. The van der Waals surface area contributed by atoms with Crippen LogP contribution < -0.4 is 11.1 Å². The van der Waals surface area contributed by atoms with Crippen molar-refractivity contribution in [2.24, 2.45) is 5.73 Å². The zero-order valence-corrected chi connectivity index (χ0v) is 7.86. The van der Waals surface area contributed by atoms with Crippen molar-refractivity contribution in [3.05, 3.63) is 0 Å². The van der Waals surface area contributed by atoms with Gasteiger partial charge in [-0.05, 0) is 18.4 Å². The third-order valence-electron chi connectivity index (χ3n) is 1.31. The number of amides is 1. The van der Waals surface area contributed by atoms with Gasteiger partial charge >= 0.3 is 0 Å². The van der Waals surface area contributed by atoms with E-state index in [1.165, 1.54) is 0 Å². The summed E-state index contributed by atoms with van der Waals surface area (Å²) in [6, 6.07) is 1.34. The predicted molar refractivity (Wildman–Crippen MR) is 49.6 cm³/mol. The average molecular weight is 187 g/mol. The lowest BCUT2D eigenvalue weighted by atomic mass is 10.2. The van der Waals surface area contributed by atoms with E-state index in [4.69, 9.17) is 11.0 Å². The number of hydrogen-bond acceptors (Lipinski definition) is 4. The van der Waals surface area contributed by atoms with E-state index in [2.05, 4.69) is 5.32 Å². The normalized spacial score (nSPS) is 11.8. The smallest absolute Gasteiger partial charge is 0.237 e. The summed E-state index contributed by atoms with van der Waals surface area (Å²) < 4.78 is 0. The van der Waals surface area contributed by atoms with Crippen molar-refractivity contribution in [1.82, 2.24) is 5.32 Å². The SMILES string of the molecule is CSCC[C@H](N)C(=O)NCC#N. The highest BCUT2D eigenvalue weighted by molar-refractivity contribution is 7.98. The molecule has 12 heavy (non-hydrogen) atoms. The fourth-order valence-electron chi connectivity index (χ4n) is 0.634. The Labute approximate surface area is 76.5 Å². The molecule has 1 atom stereocenters. The minimum atomic E-state index is -0.481. The number of carbonyl (C=O) groups is 1. The second-order valence-corrected chi connectivity index (χ2v) is 3.25. The molecule has 0 aromatic carbocycles. The maximum absolute atomic E-state index is 11.0. The molecule has 0 fully saturated rings. The van der Waals surface area contributed by atoms with Crippen molar-refractivity contribution in [1.29, 1.82) is 5.26 Å². The Balaban J connectivity index is 3.55. The molecule has 0 heterocycles. The monoisotopic (exact) mass is 187 g/mol. The van der Waals surface area contributed by atoms with Gasteiger partial charge in [0.2, 0.25) is 5.91 Å². The minimum Gasteiger partial charge on any atom is -0.342 e. The first kappa shape index (κ1) is 11.3. The second-order valence-electron chi connectivity index (χ2n) is 2.26. The van der Waals surface area contributed by atoms with Crippen LogP contribution in [-0.2, 0) is 4.79 Å². The first-order valence-electron chi connectivity index (χ1n) is 3.61. The number of nitrogens with zero attached hydrogens (tertiary/aromatic N) is 1. The Hall–Kier alpha value is -0.730. The van der Waals surface area contributed by atoms with Gasteiger partial charge in [-0.15, -0.1) is 0 Å². The summed E-state index contributed by atoms with van der Waals surface area (Å²) in [5.41, 5.74) is 5.51. The molecule has 0 bridgehead atoms. The third-order valence-corrected chi connectivity index (χ3v) is 1.96. The summed E-state index contributed by atoms with van der Waals surface area (Å²) >= 11 is 1.65. The maximum Gasteiger partial charge on any atom is 0.237 e. The summed E-state index contributed by atoms with van der Waals surface area (Å²) in [4.78, 5) is 11.0. The van der Waals surface area contributed by atoms with Crippen LogP contribution in [0.1, 0.15) is 6.42 Å². The lowest BCUT2D eigenvalue weighted by Gasteiger charge is -2.08. The van der Waals surface area contributed by atoms with E-state index >= 15 is 0 Å². The zero-order valence-electron chi connectivity index (χ0n) is 7.04. The van der Waals surface area contributed by atoms with Gasteiger partial charge in [0.15, 0.2) is 0 Å². The van der Waals surface area contributed by atoms with E-state index in [-0.39, 0.29) is 12.5 Å². The van der Waals surface area contributed by atoms with Gasteiger partial charge in [-0.1, -0.05) is 0 Å². The Morgan fingerprint density at radius 2 is 2.50 bits per heavy atom. The third kappa shape index (κ3) is 4.99. The number of nitrogens with two attached hydrogens (primary N) is 1. The van der Waals surface area contributed by atoms with E-state index in [1.807, 2.05) is 12.3 Å². The maximum atomic E-state index is 11.0. The van der Waals surface area contributed by atoms with Crippen molar-refractivity contribution in [2.45, 2.75) is 12.5 Å². The molecule has 0 unspecified atom stereocenters. The zero-order chi connectivity index (χ0) is 9.40. The van der Waals surface area contributed by atoms with E-state index in [1.54, 1.807) is 11.8 Å². The van der Waals surface area contributed by atoms with Gasteiger partial charge in [-0.3, -0.25) is 4.79 Å². The fourth-order valence-corrected chi connectivity index (χ4v) is 1.12. The highest BCUT2D eigenvalue weighted by Crippen LogP contribution is 1.98. The van der Waals surface area contributed by atoms with E-state index in [9.17, 15) is 4.79 Å². The van der Waals surface area contributed by atoms with Crippen molar-refractivity contribution in [2.75, 3.05) is 18.6 Å².